The van der Waals surface area contributed by atoms with Gasteiger partial charge in [0.1, 0.15) is 0 Å². The maximum Gasteiger partial charge on any atom is 0.228 e. The van der Waals surface area contributed by atoms with E-state index in [1.54, 1.807) is 6.07 Å². The minimum absolute atomic E-state index is 0.0498. The lowest BCUT2D eigenvalue weighted by Crippen LogP contribution is -2.23. The molecule has 0 saturated carbocycles. The van der Waals surface area contributed by atoms with Crippen molar-refractivity contribution < 1.29 is 13.2 Å². The fourth-order valence-electron chi connectivity index (χ4n) is 2.15. The first-order chi connectivity index (χ1) is 8.87. The number of nitrogens with one attached hydrogen (secondary N) is 1. The molecule has 1 saturated heterocycles. The number of rotatable bonds is 3. The number of carbonyl (C=O) groups excluding carboxylic acids is 1. The van der Waals surface area contributed by atoms with Crippen LogP contribution in [0.3, 0.4) is 0 Å². The van der Waals surface area contributed by atoms with Gasteiger partial charge in [-0.15, -0.1) is 0 Å². The van der Waals surface area contributed by atoms with Gasteiger partial charge in [0.2, 0.25) is 5.91 Å². The predicted molar refractivity (Wildman–Crippen MR) is 74.4 cm³/mol. The van der Waals surface area contributed by atoms with Crippen LogP contribution in [0.25, 0.3) is 0 Å². The molecule has 3 N–H and O–H groups in total. The van der Waals surface area contributed by atoms with Crippen molar-refractivity contribution in [1.82, 2.24) is 0 Å². The minimum Gasteiger partial charge on any atom is -0.326 e. The van der Waals surface area contributed by atoms with Crippen LogP contribution in [-0.4, -0.2) is 25.8 Å². The Labute approximate surface area is 113 Å². The van der Waals surface area contributed by atoms with Crippen LogP contribution in [0.2, 0.25) is 0 Å². The quantitative estimate of drug-likeness (QED) is 0.868. The van der Waals surface area contributed by atoms with E-state index in [2.05, 4.69) is 5.32 Å². The Kier molecular flexibility index (Phi) is 3.91. The maximum atomic E-state index is 12.0. The van der Waals surface area contributed by atoms with Crippen LogP contribution in [0.5, 0.6) is 0 Å². The first-order valence-electron chi connectivity index (χ1n) is 6.24. The van der Waals surface area contributed by atoms with Crippen LogP contribution < -0.4 is 11.1 Å². The summed E-state index contributed by atoms with van der Waals surface area (Å²) in [5, 5.41) is 2.76. The molecule has 0 bridgehead atoms. The number of anilines is 1. The Balaban J connectivity index is 2.05. The number of carbonyl (C=O) groups is 1. The highest BCUT2D eigenvalue weighted by Gasteiger charge is 2.32. The van der Waals surface area contributed by atoms with Crippen LogP contribution in [0.15, 0.2) is 24.3 Å². The van der Waals surface area contributed by atoms with Crippen molar-refractivity contribution in [3.05, 3.63) is 29.8 Å². The molecule has 1 heterocycles. The lowest BCUT2D eigenvalue weighted by atomic mass is 10.1. The Morgan fingerprint density at radius 3 is 2.79 bits per heavy atom. The Hall–Kier alpha value is -1.40. The van der Waals surface area contributed by atoms with Crippen LogP contribution in [0.4, 0.5) is 5.69 Å². The molecule has 2 unspecified atom stereocenters. The highest BCUT2D eigenvalue weighted by atomic mass is 32.2. The van der Waals surface area contributed by atoms with Crippen LogP contribution >= 0.6 is 0 Å². The van der Waals surface area contributed by atoms with Gasteiger partial charge in [0.15, 0.2) is 9.84 Å². The summed E-state index contributed by atoms with van der Waals surface area (Å²) in [7, 11) is -3.04. The molecule has 0 aliphatic carbocycles. The Bertz CT molecular complexity index is 581. The lowest BCUT2D eigenvalue weighted by molar-refractivity contribution is -0.119. The lowest BCUT2D eigenvalue weighted by Gasteiger charge is -2.12. The zero-order valence-electron chi connectivity index (χ0n) is 10.8. The molecule has 1 fully saturated rings. The Morgan fingerprint density at radius 2 is 2.21 bits per heavy atom. The van der Waals surface area contributed by atoms with Crippen molar-refractivity contribution in [2.75, 3.05) is 16.8 Å². The summed E-state index contributed by atoms with van der Waals surface area (Å²) in [6.07, 6.45) is 0.404. The molecule has 5 nitrogen and oxygen atoms in total. The first-order valence-corrected chi connectivity index (χ1v) is 8.06. The van der Waals surface area contributed by atoms with Crippen LogP contribution in [0.1, 0.15) is 24.9 Å². The van der Waals surface area contributed by atoms with Crippen molar-refractivity contribution in [1.29, 1.82) is 0 Å². The second kappa shape index (κ2) is 5.30. The van der Waals surface area contributed by atoms with E-state index in [4.69, 9.17) is 5.73 Å². The molecule has 19 heavy (non-hydrogen) atoms. The molecule has 1 aliphatic heterocycles. The van der Waals surface area contributed by atoms with Crippen molar-refractivity contribution in [2.45, 2.75) is 19.4 Å². The number of amides is 1. The normalized spacial score (nSPS) is 22.9. The molecular weight excluding hydrogens is 264 g/mol. The van der Waals surface area contributed by atoms with E-state index in [1.807, 2.05) is 25.1 Å². The van der Waals surface area contributed by atoms with Gasteiger partial charge in [-0.3, -0.25) is 4.79 Å². The topological polar surface area (TPSA) is 89.3 Å². The van der Waals surface area contributed by atoms with Crippen LogP contribution in [0, 0.1) is 5.92 Å². The van der Waals surface area contributed by atoms with E-state index in [-0.39, 0.29) is 23.5 Å². The largest absolute Gasteiger partial charge is 0.326 e. The summed E-state index contributed by atoms with van der Waals surface area (Å²) in [5.41, 5.74) is 7.36. The van der Waals surface area contributed by atoms with Gasteiger partial charge in [-0.1, -0.05) is 12.1 Å². The second-order valence-corrected chi connectivity index (χ2v) is 7.23. The van der Waals surface area contributed by atoms with Gasteiger partial charge < -0.3 is 11.1 Å². The highest BCUT2D eigenvalue weighted by molar-refractivity contribution is 7.91. The third-order valence-corrected chi connectivity index (χ3v) is 5.05. The third-order valence-electron chi connectivity index (χ3n) is 3.28. The molecule has 0 aromatic heterocycles. The van der Waals surface area contributed by atoms with Gasteiger partial charge >= 0.3 is 0 Å². The van der Waals surface area contributed by atoms with Crippen molar-refractivity contribution in [2.24, 2.45) is 11.7 Å². The third kappa shape index (κ3) is 3.54. The van der Waals surface area contributed by atoms with Crippen molar-refractivity contribution in [3.63, 3.8) is 0 Å². The average Bonchev–Trinajstić information content (AvgIpc) is 2.70. The van der Waals surface area contributed by atoms with Gasteiger partial charge in [-0.2, -0.15) is 0 Å². The Morgan fingerprint density at radius 1 is 1.47 bits per heavy atom. The monoisotopic (exact) mass is 282 g/mol. The van der Waals surface area contributed by atoms with Crippen LogP contribution in [-0.2, 0) is 14.6 Å². The number of hydrogen-bond acceptors (Lipinski definition) is 4. The molecule has 0 spiro atoms. The van der Waals surface area contributed by atoms with E-state index in [0.717, 1.165) is 5.56 Å². The van der Waals surface area contributed by atoms with Gasteiger partial charge in [0, 0.05) is 11.7 Å². The van der Waals surface area contributed by atoms with Gasteiger partial charge in [-0.05, 0) is 31.0 Å². The van der Waals surface area contributed by atoms with Crippen molar-refractivity contribution in [3.8, 4) is 0 Å². The summed E-state index contributed by atoms with van der Waals surface area (Å²) < 4.78 is 22.7. The van der Waals surface area contributed by atoms with Gasteiger partial charge in [0.25, 0.3) is 0 Å². The van der Waals surface area contributed by atoms with E-state index in [1.165, 1.54) is 0 Å². The molecule has 1 aromatic carbocycles. The molecule has 1 aliphatic rings. The minimum atomic E-state index is -3.04. The second-order valence-electron chi connectivity index (χ2n) is 5.00. The van der Waals surface area contributed by atoms with E-state index >= 15 is 0 Å². The fourth-order valence-corrected chi connectivity index (χ4v) is 3.89. The van der Waals surface area contributed by atoms with Gasteiger partial charge in [-0.25, -0.2) is 8.42 Å². The van der Waals surface area contributed by atoms with E-state index in [0.29, 0.717) is 12.1 Å². The zero-order valence-corrected chi connectivity index (χ0v) is 11.6. The molecule has 6 heteroatoms. The number of sulfone groups is 1. The summed E-state index contributed by atoms with van der Waals surface area (Å²) in [6.45, 7) is 1.87. The number of benzene rings is 1. The van der Waals surface area contributed by atoms with E-state index in [9.17, 15) is 13.2 Å². The average molecular weight is 282 g/mol. The number of nitrogens with two attached hydrogens (primary N) is 1. The molecule has 1 amide bonds. The molecule has 2 atom stereocenters. The summed E-state index contributed by atoms with van der Waals surface area (Å²) >= 11 is 0. The predicted octanol–water partition coefficient (Wildman–Crippen LogP) is 1.08. The molecule has 2 rings (SSSR count). The maximum absolute atomic E-state index is 12.0. The summed E-state index contributed by atoms with van der Waals surface area (Å²) in [4.78, 5) is 12.0. The zero-order chi connectivity index (χ0) is 14.0. The first kappa shape index (κ1) is 14.0. The molecular formula is C13H18N2O3S. The smallest absolute Gasteiger partial charge is 0.228 e. The molecule has 0 radical (unpaired) electrons. The van der Waals surface area contributed by atoms with Gasteiger partial charge in [0.05, 0.1) is 17.4 Å². The summed E-state index contributed by atoms with van der Waals surface area (Å²) in [5.74, 6) is -0.622. The number of hydrogen-bond donors (Lipinski definition) is 2. The standard InChI is InChI=1S/C13H18N2O3S/c1-9(14)10-3-2-4-12(7-10)15-13(16)11-5-6-19(17,18)8-11/h2-4,7,9,11H,5-6,8,14H2,1H3,(H,15,16). The fraction of sp³-hybridized carbons (Fsp3) is 0.462. The molecule has 1 aromatic rings. The van der Waals surface area contributed by atoms with E-state index < -0.39 is 15.8 Å². The summed E-state index contributed by atoms with van der Waals surface area (Å²) in [6, 6.07) is 7.18. The molecule has 104 valence electrons. The van der Waals surface area contributed by atoms with Crippen molar-refractivity contribution >= 4 is 21.4 Å². The SMILES string of the molecule is CC(N)c1cccc(NC(=O)C2CCS(=O)(=O)C2)c1. The highest BCUT2D eigenvalue weighted by Crippen LogP contribution is 2.21.